The third-order valence-corrected chi connectivity index (χ3v) is 4.30. The topological polar surface area (TPSA) is 71.1 Å². The standard InChI is InChI=1S/C18H15F2N3O4/c19-11-1-3-14(13(20)7-11)21-17(24)9-22-5-6-23(18(22)25)12-2-4-15-16(8-12)27-10-26-15/h1-4,7-8H,5-6,9-10H2,(H,21,24). The highest BCUT2D eigenvalue weighted by atomic mass is 19.1. The fourth-order valence-electron chi connectivity index (χ4n) is 2.98. The third kappa shape index (κ3) is 3.35. The molecule has 3 amide bonds. The number of anilines is 2. The maximum absolute atomic E-state index is 13.6. The van der Waals surface area contributed by atoms with Crippen LogP contribution in [0.4, 0.5) is 25.0 Å². The highest BCUT2D eigenvalue weighted by Gasteiger charge is 2.31. The molecule has 0 unspecified atom stereocenters. The van der Waals surface area contributed by atoms with Gasteiger partial charge < -0.3 is 19.7 Å². The Morgan fingerprint density at radius 2 is 1.89 bits per heavy atom. The molecule has 0 bridgehead atoms. The third-order valence-electron chi connectivity index (χ3n) is 4.30. The van der Waals surface area contributed by atoms with Crippen molar-refractivity contribution in [2.45, 2.75) is 0 Å². The zero-order valence-corrected chi connectivity index (χ0v) is 14.1. The van der Waals surface area contributed by atoms with E-state index in [2.05, 4.69) is 5.32 Å². The van der Waals surface area contributed by atoms with Gasteiger partial charge in [-0.15, -0.1) is 0 Å². The molecule has 0 aromatic heterocycles. The van der Waals surface area contributed by atoms with Gasteiger partial charge in [-0.3, -0.25) is 9.69 Å². The minimum atomic E-state index is -0.877. The molecule has 4 rings (SSSR count). The first kappa shape index (κ1) is 17.1. The monoisotopic (exact) mass is 375 g/mol. The van der Waals surface area contributed by atoms with Crippen LogP contribution in [0.2, 0.25) is 0 Å². The molecule has 2 aliphatic rings. The molecule has 0 spiro atoms. The van der Waals surface area contributed by atoms with Gasteiger partial charge in [-0.25, -0.2) is 13.6 Å². The first-order valence-electron chi connectivity index (χ1n) is 8.22. The van der Waals surface area contributed by atoms with Crippen LogP contribution in [0.15, 0.2) is 36.4 Å². The quantitative estimate of drug-likeness (QED) is 0.892. The molecule has 9 heteroatoms. The van der Waals surface area contributed by atoms with E-state index >= 15 is 0 Å². The lowest BCUT2D eigenvalue weighted by molar-refractivity contribution is -0.116. The first-order valence-corrected chi connectivity index (χ1v) is 8.22. The van der Waals surface area contributed by atoms with Crippen molar-refractivity contribution >= 4 is 23.3 Å². The number of nitrogens with zero attached hydrogens (tertiary/aromatic N) is 2. The number of fused-ring (bicyclic) bond motifs is 1. The predicted molar refractivity (Wildman–Crippen MR) is 91.9 cm³/mol. The van der Waals surface area contributed by atoms with Gasteiger partial charge in [0.15, 0.2) is 11.5 Å². The Labute approximate surface area is 153 Å². The molecule has 0 aliphatic carbocycles. The molecule has 27 heavy (non-hydrogen) atoms. The van der Waals surface area contributed by atoms with Crippen molar-refractivity contribution in [2.24, 2.45) is 0 Å². The van der Waals surface area contributed by atoms with Crippen LogP contribution in [0.25, 0.3) is 0 Å². The van der Waals surface area contributed by atoms with E-state index in [0.29, 0.717) is 36.3 Å². The van der Waals surface area contributed by atoms with Crippen LogP contribution in [-0.2, 0) is 4.79 Å². The Hall–Kier alpha value is -3.36. The van der Waals surface area contributed by atoms with Crippen molar-refractivity contribution < 1.29 is 27.8 Å². The second kappa shape index (κ2) is 6.75. The molecule has 1 saturated heterocycles. The van der Waals surface area contributed by atoms with Crippen molar-refractivity contribution in [3.8, 4) is 11.5 Å². The zero-order chi connectivity index (χ0) is 19.0. The van der Waals surface area contributed by atoms with Crippen LogP contribution in [0.3, 0.4) is 0 Å². The van der Waals surface area contributed by atoms with Crippen LogP contribution >= 0.6 is 0 Å². The number of amides is 3. The van der Waals surface area contributed by atoms with Gasteiger partial charge in [0.05, 0.1) is 5.69 Å². The summed E-state index contributed by atoms with van der Waals surface area (Å²) in [5.74, 6) is -1.01. The molecular weight excluding hydrogens is 360 g/mol. The summed E-state index contributed by atoms with van der Waals surface area (Å²) in [4.78, 5) is 27.6. The van der Waals surface area contributed by atoms with Gasteiger partial charge in [0.2, 0.25) is 12.7 Å². The van der Waals surface area contributed by atoms with Crippen LogP contribution in [0, 0.1) is 11.6 Å². The largest absolute Gasteiger partial charge is 0.454 e. The number of hydrogen-bond donors (Lipinski definition) is 1. The van der Waals surface area contributed by atoms with Crippen LogP contribution < -0.4 is 19.7 Å². The summed E-state index contributed by atoms with van der Waals surface area (Å²) < 4.78 is 37.1. The second-order valence-electron chi connectivity index (χ2n) is 6.07. The van der Waals surface area contributed by atoms with E-state index in [-0.39, 0.29) is 25.1 Å². The number of benzene rings is 2. The Kier molecular flexibility index (Phi) is 4.27. The second-order valence-corrected chi connectivity index (χ2v) is 6.07. The fourth-order valence-corrected chi connectivity index (χ4v) is 2.98. The zero-order valence-electron chi connectivity index (χ0n) is 14.1. The molecule has 0 atom stereocenters. The highest BCUT2D eigenvalue weighted by molar-refractivity contribution is 5.99. The van der Waals surface area contributed by atoms with E-state index in [1.54, 1.807) is 18.2 Å². The molecule has 2 heterocycles. The summed E-state index contributed by atoms with van der Waals surface area (Å²) in [6.07, 6.45) is 0. The van der Waals surface area contributed by atoms with Crippen molar-refractivity contribution in [2.75, 3.05) is 36.6 Å². The van der Waals surface area contributed by atoms with E-state index < -0.39 is 17.5 Å². The van der Waals surface area contributed by atoms with Gasteiger partial charge in [0.25, 0.3) is 0 Å². The van der Waals surface area contributed by atoms with E-state index in [0.717, 1.165) is 12.1 Å². The minimum Gasteiger partial charge on any atom is -0.454 e. The number of ether oxygens (including phenoxy) is 2. The average Bonchev–Trinajstić information content (AvgIpc) is 3.24. The molecule has 2 aromatic rings. The molecule has 0 radical (unpaired) electrons. The average molecular weight is 375 g/mol. The summed E-state index contributed by atoms with van der Waals surface area (Å²) in [6.45, 7) is 0.638. The molecule has 7 nitrogen and oxygen atoms in total. The Morgan fingerprint density at radius 1 is 1.07 bits per heavy atom. The Balaban J connectivity index is 1.40. The van der Waals surface area contributed by atoms with Gasteiger partial charge in [-0.05, 0) is 24.3 Å². The van der Waals surface area contributed by atoms with Crippen LogP contribution in [-0.4, -0.2) is 43.3 Å². The lowest BCUT2D eigenvalue weighted by Gasteiger charge is -2.18. The summed E-state index contributed by atoms with van der Waals surface area (Å²) in [5.41, 5.74) is 0.498. The molecule has 1 N–H and O–H groups in total. The maximum Gasteiger partial charge on any atom is 0.325 e. The molecule has 2 aliphatic heterocycles. The number of nitrogens with one attached hydrogen (secondary N) is 1. The molecule has 2 aromatic carbocycles. The predicted octanol–water partition coefficient (Wildman–Crippen LogP) is 2.57. The summed E-state index contributed by atoms with van der Waals surface area (Å²) in [6, 6.07) is 7.67. The number of urea groups is 1. The summed E-state index contributed by atoms with van der Waals surface area (Å²) >= 11 is 0. The Morgan fingerprint density at radius 3 is 2.70 bits per heavy atom. The molecule has 140 valence electrons. The van der Waals surface area contributed by atoms with Crippen molar-refractivity contribution in [1.82, 2.24) is 4.90 Å². The van der Waals surface area contributed by atoms with Gasteiger partial charge in [0, 0.05) is 30.9 Å². The maximum atomic E-state index is 13.6. The van der Waals surface area contributed by atoms with E-state index in [1.165, 1.54) is 9.80 Å². The summed E-state index contributed by atoms with van der Waals surface area (Å²) in [5, 5.41) is 2.34. The number of carbonyl (C=O) groups is 2. The number of hydrogen-bond acceptors (Lipinski definition) is 4. The summed E-state index contributed by atoms with van der Waals surface area (Å²) in [7, 11) is 0. The van der Waals surface area contributed by atoms with E-state index in [4.69, 9.17) is 9.47 Å². The Bertz CT molecular complexity index is 921. The smallest absolute Gasteiger partial charge is 0.325 e. The SMILES string of the molecule is O=C(CN1CCN(c2ccc3c(c2)OCO3)C1=O)Nc1ccc(F)cc1F. The lowest BCUT2D eigenvalue weighted by Crippen LogP contribution is -2.37. The first-order chi connectivity index (χ1) is 13.0. The minimum absolute atomic E-state index is 0.138. The molecule has 0 saturated carbocycles. The molecule has 1 fully saturated rings. The number of halogens is 2. The van der Waals surface area contributed by atoms with E-state index in [1.807, 2.05) is 0 Å². The van der Waals surface area contributed by atoms with Gasteiger partial charge in [-0.2, -0.15) is 0 Å². The lowest BCUT2D eigenvalue weighted by atomic mass is 10.2. The van der Waals surface area contributed by atoms with Crippen molar-refractivity contribution in [3.63, 3.8) is 0 Å². The van der Waals surface area contributed by atoms with Crippen LogP contribution in [0.1, 0.15) is 0 Å². The van der Waals surface area contributed by atoms with Gasteiger partial charge in [-0.1, -0.05) is 0 Å². The van der Waals surface area contributed by atoms with Gasteiger partial charge >= 0.3 is 6.03 Å². The fraction of sp³-hybridized carbons (Fsp3) is 0.222. The highest BCUT2D eigenvalue weighted by Crippen LogP contribution is 2.36. The van der Waals surface area contributed by atoms with E-state index in [9.17, 15) is 18.4 Å². The van der Waals surface area contributed by atoms with Crippen molar-refractivity contribution in [1.29, 1.82) is 0 Å². The molecular formula is C18H15F2N3O4. The van der Waals surface area contributed by atoms with Crippen LogP contribution in [0.5, 0.6) is 11.5 Å². The number of rotatable bonds is 4. The normalized spacial score (nSPS) is 15.4. The van der Waals surface area contributed by atoms with Gasteiger partial charge in [0.1, 0.15) is 18.2 Å². The van der Waals surface area contributed by atoms with Crippen molar-refractivity contribution in [3.05, 3.63) is 48.0 Å². The number of carbonyl (C=O) groups excluding carboxylic acids is 2.